The minimum Gasteiger partial charge on any atom is -0.122 e. The van der Waals surface area contributed by atoms with Crippen LogP contribution in [0, 0.1) is 5.41 Å². The minimum absolute atomic E-state index is 0.458. The van der Waals surface area contributed by atoms with Crippen LogP contribution in [0.2, 0.25) is 0 Å². The van der Waals surface area contributed by atoms with Crippen LogP contribution < -0.4 is 0 Å². The quantitative estimate of drug-likeness (QED) is 0.583. The molecule has 0 aliphatic heterocycles. The van der Waals surface area contributed by atoms with Gasteiger partial charge in [0.15, 0.2) is 0 Å². The van der Waals surface area contributed by atoms with Gasteiger partial charge in [-0.25, -0.2) is 0 Å². The topological polar surface area (TPSA) is 0 Å². The van der Waals surface area contributed by atoms with Gasteiger partial charge in [0.05, 0.1) is 0 Å². The van der Waals surface area contributed by atoms with Crippen molar-refractivity contribution >= 4 is 28.7 Å². The van der Waals surface area contributed by atoms with Crippen LogP contribution in [0.15, 0.2) is 0 Å². The summed E-state index contributed by atoms with van der Waals surface area (Å²) in [5.74, 6) is 1.15. The number of hydrogen-bond donors (Lipinski definition) is 0. The molecule has 0 rings (SSSR count). The Balaban J connectivity index is 3.44. The second-order valence-corrected chi connectivity index (χ2v) is 4.32. The number of rotatable bonds is 4. The summed E-state index contributed by atoms with van der Waals surface area (Å²) in [6.07, 6.45) is 1.23. The molecule has 0 nitrogen and oxygen atoms in total. The van der Waals surface area contributed by atoms with Crippen molar-refractivity contribution in [2.45, 2.75) is 27.2 Å². The van der Waals surface area contributed by atoms with Crippen molar-refractivity contribution in [1.82, 2.24) is 0 Å². The molecule has 9 heavy (non-hydrogen) atoms. The summed E-state index contributed by atoms with van der Waals surface area (Å²) in [5.41, 5.74) is 0.458. The van der Waals surface area contributed by atoms with Gasteiger partial charge in [-0.2, -0.15) is 0 Å². The molecule has 0 aromatic rings. The van der Waals surface area contributed by atoms with Crippen molar-refractivity contribution in [2.75, 3.05) is 5.75 Å². The van der Waals surface area contributed by atoms with Gasteiger partial charge in [0.2, 0.25) is 0 Å². The molecule has 0 amide bonds. The molecule has 0 aliphatic carbocycles. The molecule has 0 aromatic carbocycles. The normalized spacial score (nSPS) is 11.4. The Bertz CT molecular complexity index is 86.9. The lowest BCUT2D eigenvalue weighted by Crippen LogP contribution is -2.12. The van der Waals surface area contributed by atoms with Crippen LogP contribution in [0.25, 0.3) is 0 Å². The largest absolute Gasteiger partial charge is 0.122 e. The molecule has 0 saturated carbocycles. The maximum Gasteiger partial charge on any atom is 0.0341 e. The first-order chi connectivity index (χ1) is 4.12. The van der Waals surface area contributed by atoms with Gasteiger partial charge in [-0.1, -0.05) is 39.4 Å². The fourth-order valence-electron chi connectivity index (χ4n) is 0.362. The zero-order valence-electron chi connectivity index (χ0n) is 6.31. The molecule has 0 heterocycles. The predicted octanol–water partition coefficient (Wildman–Crippen LogP) is 3.11. The van der Waals surface area contributed by atoms with Gasteiger partial charge in [0.1, 0.15) is 0 Å². The second kappa shape index (κ2) is 4.29. The molecule has 0 aliphatic rings. The Kier molecular flexibility index (Phi) is 4.50. The van der Waals surface area contributed by atoms with Crippen molar-refractivity contribution in [2.24, 2.45) is 5.41 Å². The minimum atomic E-state index is 0.458. The Hall–Kier alpha value is 0.440. The van der Waals surface area contributed by atoms with E-state index in [9.17, 15) is 0 Å². The molecule has 0 fully saturated rings. The van der Waals surface area contributed by atoms with E-state index in [2.05, 4.69) is 20.8 Å². The number of hydrogen-bond acceptors (Lipinski definition) is 2. The molecular weight excluding hydrogens is 148 g/mol. The van der Waals surface area contributed by atoms with Gasteiger partial charge in [-0.3, -0.25) is 0 Å². The third-order valence-corrected chi connectivity index (χ3v) is 2.99. The van der Waals surface area contributed by atoms with Gasteiger partial charge < -0.3 is 0 Å². The molecule has 54 valence electrons. The van der Waals surface area contributed by atoms with Crippen molar-refractivity contribution in [3.8, 4) is 0 Å². The monoisotopic (exact) mass is 162 g/mol. The molecule has 0 saturated heterocycles. The standard InChI is InChI=1S/C7H14S2/c1-4-7(2,3)5-9-6-8/h6H,4-5H2,1-3H3. The molecule has 0 N–H and O–H groups in total. The zero-order chi connectivity index (χ0) is 7.33. The van der Waals surface area contributed by atoms with Gasteiger partial charge in [-0.15, -0.1) is 11.8 Å². The van der Waals surface area contributed by atoms with E-state index in [1.54, 1.807) is 16.5 Å². The van der Waals surface area contributed by atoms with Gasteiger partial charge in [0, 0.05) is 10.5 Å². The zero-order valence-corrected chi connectivity index (χ0v) is 7.94. The van der Waals surface area contributed by atoms with Crippen LogP contribution in [0.4, 0.5) is 0 Å². The summed E-state index contributed by atoms with van der Waals surface area (Å²) in [6, 6.07) is 0. The Morgan fingerprint density at radius 1 is 1.56 bits per heavy atom. The highest BCUT2D eigenvalue weighted by Crippen LogP contribution is 2.23. The molecule has 0 spiro atoms. The fourth-order valence-corrected chi connectivity index (χ4v) is 1.29. The first-order valence-corrected chi connectivity index (χ1v) is 4.69. The van der Waals surface area contributed by atoms with Crippen LogP contribution >= 0.6 is 24.0 Å². The lowest BCUT2D eigenvalue weighted by atomic mass is 9.93. The van der Waals surface area contributed by atoms with E-state index in [0.717, 1.165) is 5.75 Å². The summed E-state index contributed by atoms with van der Waals surface area (Å²) in [7, 11) is 0. The molecule has 0 atom stereocenters. The Labute approximate surface area is 67.4 Å². The number of thiocarbonyl (C=S) groups is 1. The van der Waals surface area contributed by atoms with Crippen molar-refractivity contribution in [1.29, 1.82) is 0 Å². The Morgan fingerprint density at radius 3 is 2.44 bits per heavy atom. The summed E-state index contributed by atoms with van der Waals surface area (Å²) < 4.78 is 1.75. The van der Waals surface area contributed by atoms with Gasteiger partial charge >= 0.3 is 0 Å². The van der Waals surface area contributed by atoms with E-state index in [1.165, 1.54) is 6.42 Å². The van der Waals surface area contributed by atoms with Gasteiger partial charge in [0.25, 0.3) is 0 Å². The van der Waals surface area contributed by atoms with Crippen LogP contribution in [-0.4, -0.2) is 10.5 Å². The fraction of sp³-hybridized carbons (Fsp3) is 0.857. The first-order valence-electron chi connectivity index (χ1n) is 3.17. The molecule has 2 heteroatoms. The van der Waals surface area contributed by atoms with E-state index in [1.807, 2.05) is 0 Å². The van der Waals surface area contributed by atoms with E-state index in [-0.39, 0.29) is 0 Å². The summed E-state index contributed by atoms with van der Waals surface area (Å²) in [5, 5.41) is 0. The van der Waals surface area contributed by atoms with Crippen molar-refractivity contribution in [3.05, 3.63) is 0 Å². The van der Waals surface area contributed by atoms with Crippen LogP contribution in [0.1, 0.15) is 27.2 Å². The van der Waals surface area contributed by atoms with Crippen molar-refractivity contribution in [3.63, 3.8) is 0 Å². The highest BCUT2D eigenvalue weighted by Gasteiger charge is 2.13. The average molecular weight is 162 g/mol. The SMILES string of the molecule is CCC(C)(C)CSC=S. The van der Waals surface area contributed by atoms with Crippen LogP contribution in [0.5, 0.6) is 0 Å². The molecule has 0 radical (unpaired) electrons. The summed E-state index contributed by atoms with van der Waals surface area (Å²) in [6.45, 7) is 6.74. The highest BCUT2D eigenvalue weighted by molar-refractivity contribution is 8.20. The van der Waals surface area contributed by atoms with Crippen molar-refractivity contribution < 1.29 is 0 Å². The van der Waals surface area contributed by atoms with Crippen LogP contribution in [-0.2, 0) is 0 Å². The Morgan fingerprint density at radius 2 is 2.11 bits per heavy atom. The lowest BCUT2D eigenvalue weighted by Gasteiger charge is -2.20. The highest BCUT2D eigenvalue weighted by atomic mass is 32.2. The molecule has 0 bridgehead atoms. The first kappa shape index (κ1) is 9.44. The van der Waals surface area contributed by atoms with E-state index in [4.69, 9.17) is 12.2 Å². The van der Waals surface area contributed by atoms with Crippen LogP contribution in [0.3, 0.4) is 0 Å². The summed E-state index contributed by atoms with van der Waals surface area (Å²) >= 11 is 6.44. The maximum absolute atomic E-state index is 4.71. The third-order valence-electron chi connectivity index (χ3n) is 1.50. The lowest BCUT2D eigenvalue weighted by molar-refractivity contribution is 0.408. The summed E-state index contributed by atoms with van der Waals surface area (Å²) in [4.78, 5) is 0. The smallest absolute Gasteiger partial charge is 0.0341 e. The maximum atomic E-state index is 4.71. The predicted molar refractivity (Wildman–Crippen MR) is 50.2 cm³/mol. The van der Waals surface area contributed by atoms with E-state index < -0.39 is 0 Å². The number of thioether (sulfide) groups is 1. The molecule has 0 unspecified atom stereocenters. The van der Waals surface area contributed by atoms with E-state index >= 15 is 0 Å². The average Bonchev–Trinajstić information content (AvgIpc) is 1.84. The van der Waals surface area contributed by atoms with Gasteiger partial charge in [-0.05, 0) is 5.41 Å². The second-order valence-electron chi connectivity index (χ2n) is 2.92. The van der Waals surface area contributed by atoms with E-state index in [0.29, 0.717) is 5.41 Å². The third kappa shape index (κ3) is 4.91. The molecular formula is C7H14S2. The molecule has 0 aromatic heterocycles.